The molecule has 1 aliphatic rings. The first-order valence-electron chi connectivity index (χ1n) is 6.88. The van der Waals surface area contributed by atoms with Crippen LogP contribution in [-0.2, 0) is 11.3 Å². The first-order valence-corrected chi connectivity index (χ1v) is 7.26. The van der Waals surface area contributed by atoms with Crippen LogP contribution in [0, 0.1) is 0 Å². The number of benzene rings is 1. The van der Waals surface area contributed by atoms with E-state index in [0.29, 0.717) is 11.6 Å². The summed E-state index contributed by atoms with van der Waals surface area (Å²) in [4.78, 5) is 14.3. The zero-order valence-electron chi connectivity index (χ0n) is 11.8. The Labute approximate surface area is 131 Å². The minimum Gasteiger partial charge on any atom is -0.337 e. The fourth-order valence-corrected chi connectivity index (χ4v) is 2.29. The van der Waals surface area contributed by atoms with Gasteiger partial charge in [0.25, 0.3) is 0 Å². The maximum Gasteiger partial charge on any atom is 0.242 e. The van der Waals surface area contributed by atoms with Crippen LogP contribution < -0.4 is 5.73 Å². The zero-order chi connectivity index (χ0) is 13.9. The Balaban J connectivity index is 0.00000200. The fourth-order valence-electron chi connectivity index (χ4n) is 2.10. The third-order valence-corrected chi connectivity index (χ3v) is 3.97. The molecule has 2 rings (SSSR count). The molecule has 0 bridgehead atoms. The third kappa shape index (κ3) is 4.11. The van der Waals surface area contributed by atoms with Crippen molar-refractivity contribution >= 4 is 29.9 Å². The molecule has 5 heteroatoms. The first kappa shape index (κ1) is 17.3. The smallest absolute Gasteiger partial charge is 0.242 e. The van der Waals surface area contributed by atoms with Gasteiger partial charge in [0.15, 0.2) is 0 Å². The zero-order valence-corrected chi connectivity index (χ0v) is 13.3. The molecule has 3 nitrogen and oxygen atoms in total. The molecule has 0 unspecified atom stereocenters. The van der Waals surface area contributed by atoms with Crippen LogP contribution in [0.3, 0.4) is 0 Å². The van der Waals surface area contributed by atoms with Gasteiger partial charge in [-0.05, 0) is 30.9 Å². The van der Waals surface area contributed by atoms with Crippen LogP contribution >= 0.6 is 24.0 Å². The number of hydrogen-bond donors (Lipinski definition) is 1. The molecule has 0 radical (unpaired) electrons. The lowest BCUT2D eigenvalue weighted by atomic mass is 10.1. The molecule has 1 fully saturated rings. The van der Waals surface area contributed by atoms with Gasteiger partial charge >= 0.3 is 0 Å². The van der Waals surface area contributed by atoms with Crippen LogP contribution in [0.15, 0.2) is 24.3 Å². The molecule has 20 heavy (non-hydrogen) atoms. The SMILES string of the molecule is CCCCN(Cc1ccccc1Cl)C(=O)C1(N)CC1.Cl. The third-order valence-electron chi connectivity index (χ3n) is 3.60. The van der Waals surface area contributed by atoms with Crippen LogP contribution in [0.2, 0.25) is 5.02 Å². The summed E-state index contributed by atoms with van der Waals surface area (Å²) >= 11 is 6.17. The normalized spacial score (nSPS) is 15.3. The molecule has 112 valence electrons. The van der Waals surface area contributed by atoms with Gasteiger partial charge < -0.3 is 10.6 Å². The van der Waals surface area contributed by atoms with Crippen LogP contribution in [-0.4, -0.2) is 22.9 Å². The molecule has 0 spiro atoms. The molecule has 1 aromatic carbocycles. The Morgan fingerprint density at radius 2 is 2.05 bits per heavy atom. The second kappa shape index (κ2) is 7.30. The Hall–Kier alpha value is -0.770. The molecule has 0 aromatic heterocycles. The van der Waals surface area contributed by atoms with Crippen molar-refractivity contribution in [3.8, 4) is 0 Å². The van der Waals surface area contributed by atoms with E-state index >= 15 is 0 Å². The summed E-state index contributed by atoms with van der Waals surface area (Å²) in [6.45, 7) is 3.42. The lowest BCUT2D eigenvalue weighted by molar-refractivity contribution is -0.134. The number of halogens is 2. The number of carbonyl (C=O) groups is 1. The molecule has 0 heterocycles. The molecule has 2 N–H and O–H groups in total. The van der Waals surface area contributed by atoms with Crippen LogP contribution in [0.1, 0.15) is 38.2 Å². The molecule has 0 saturated heterocycles. The number of unbranched alkanes of at least 4 members (excludes halogenated alkanes) is 1. The second-order valence-corrected chi connectivity index (χ2v) is 5.74. The standard InChI is InChI=1S/C15H21ClN2O.ClH/c1-2-3-10-18(14(19)15(17)8-9-15)11-12-6-4-5-7-13(12)16;/h4-7H,2-3,8-11,17H2,1H3;1H. The number of nitrogens with two attached hydrogens (primary N) is 1. The van der Waals surface area contributed by atoms with Gasteiger partial charge in [0.2, 0.25) is 5.91 Å². The lowest BCUT2D eigenvalue weighted by Gasteiger charge is -2.26. The largest absolute Gasteiger partial charge is 0.337 e. The van der Waals surface area contributed by atoms with Gasteiger partial charge in [-0.25, -0.2) is 0 Å². The Kier molecular flexibility index (Phi) is 6.31. The summed E-state index contributed by atoms with van der Waals surface area (Å²) in [5.74, 6) is 0.0702. The van der Waals surface area contributed by atoms with Crippen LogP contribution in [0.4, 0.5) is 0 Å². The topological polar surface area (TPSA) is 46.3 Å². The maximum atomic E-state index is 12.4. The molecular weight excluding hydrogens is 295 g/mol. The predicted molar refractivity (Wildman–Crippen MR) is 85.2 cm³/mol. The lowest BCUT2D eigenvalue weighted by Crippen LogP contribution is -2.45. The Morgan fingerprint density at radius 1 is 1.40 bits per heavy atom. The highest BCUT2D eigenvalue weighted by molar-refractivity contribution is 6.31. The highest BCUT2D eigenvalue weighted by atomic mass is 35.5. The quantitative estimate of drug-likeness (QED) is 0.874. The van der Waals surface area contributed by atoms with Crippen LogP contribution in [0.5, 0.6) is 0 Å². The summed E-state index contributed by atoms with van der Waals surface area (Å²) < 4.78 is 0. The monoisotopic (exact) mass is 316 g/mol. The highest BCUT2D eigenvalue weighted by Crippen LogP contribution is 2.35. The molecule has 1 amide bonds. The van der Waals surface area contributed by atoms with Gasteiger partial charge in [0, 0.05) is 18.1 Å². The van der Waals surface area contributed by atoms with Gasteiger partial charge in [-0.1, -0.05) is 43.1 Å². The summed E-state index contributed by atoms with van der Waals surface area (Å²) in [7, 11) is 0. The fraction of sp³-hybridized carbons (Fsp3) is 0.533. The summed E-state index contributed by atoms with van der Waals surface area (Å²) in [6, 6.07) is 7.66. The van der Waals surface area contributed by atoms with E-state index in [-0.39, 0.29) is 18.3 Å². The van der Waals surface area contributed by atoms with E-state index < -0.39 is 5.54 Å². The van der Waals surface area contributed by atoms with E-state index in [0.717, 1.165) is 37.8 Å². The van der Waals surface area contributed by atoms with Crippen molar-refractivity contribution in [1.29, 1.82) is 0 Å². The maximum absolute atomic E-state index is 12.4. The van der Waals surface area contributed by atoms with E-state index in [1.165, 1.54) is 0 Å². The summed E-state index contributed by atoms with van der Waals surface area (Å²) in [5, 5.41) is 0.707. The van der Waals surface area contributed by atoms with Gasteiger partial charge in [0.05, 0.1) is 5.54 Å². The van der Waals surface area contributed by atoms with Gasteiger partial charge in [-0.15, -0.1) is 12.4 Å². The second-order valence-electron chi connectivity index (χ2n) is 5.33. The first-order chi connectivity index (χ1) is 9.07. The van der Waals surface area contributed by atoms with Crippen molar-refractivity contribution < 1.29 is 4.79 Å². The van der Waals surface area contributed by atoms with Gasteiger partial charge in [-0.3, -0.25) is 4.79 Å². The number of rotatable bonds is 6. The van der Waals surface area contributed by atoms with E-state index in [4.69, 9.17) is 17.3 Å². The average Bonchev–Trinajstić information content (AvgIpc) is 3.15. The van der Waals surface area contributed by atoms with E-state index in [1.54, 1.807) is 0 Å². The number of nitrogens with zero attached hydrogens (tertiary/aromatic N) is 1. The Morgan fingerprint density at radius 3 is 2.60 bits per heavy atom. The number of carbonyl (C=O) groups excluding carboxylic acids is 1. The van der Waals surface area contributed by atoms with Crippen molar-refractivity contribution in [1.82, 2.24) is 4.90 Å². The van der Waals surface area contributed by atoms with E-state index in [1.807, 2.05) is 29.2 Å². The number of hydrogen-bond acceptors (Lipinski definition) is 2. The van der Waals surface area contributed by atoms with Crippen molar-refractivity contribution in [2.45, 2.75) is 44.7 Å². The van der Waals surface area contributed by atoms with Gasteiger partial charge in [0.1, 0.15) is 0 Å². The highest BCUT2D eigenvalue weighted by Gasteiger charge is 2.48. The van der Waals surface area contributed by atoms with Crippen LogP contribution in [0.25, 0.3) is 0 Å². The van der Waals surface area contributed by atoms with Crippen molar-refractivity contribution in [3.05, 3.63) is 34.9 Å². The summed E-state index contributed by atoms with van der Waals surface area (Å²) in [6.07, 6.45) is 3.66. The van der Waals surface area contributed by atoms with Crippen molar-refractivity contribution in [2.24, 2.45) is 5.73 Å². The minimum absolute atomic E-state index is 0. The minimum atomic E-state index is -0.602. The van der Waals surface area contributed by atoms with Crippen molar-refractivity contribution in [2.75, 3.05) is 6.54 Å². The molecule has 1 aliphatic carbocycles. The molecule has 0 atom stereocenters. The molecule has 1 aromatic rings. The van der Waals surface area contributed by atoms with E-state index in [9.17, 15) is 4.79 Å². The molecular formula is C15H22Cl2N2O. The predicted octanol–water partition coefficient (Wildman–Crippen LogP) is 3.38. The van der Waals surface area contributed by atoms with Gasteiger partial charge in [-0.2, -0.15) is 0 Å². The summed E-state index contributed by atoms with van der Waals surface area (Å²) in [5.41, 5.74) is 6.41. The average molecular weight is 317 g/mol. The molecule has 1 saturated carbocycles. The molecule has 0 aliphatic heterocycles. The number of amides is 1. The Bertz CT molecular complexity index is 461. The van der Waals surface area contributed by atoms with Crippen molar-refractivity contribution in [3.63, 3.8) is 0 Å². The van der Waals surface area contributed by atoms with E-state index in [2.05, 4.69) is 6.92 Å².